The molecular formula is C13H16N2OS. The lowest BCUT2D eigenvalue weighted by Gasteiger charge is -2.08. The van der Waals surface area contributed by atoms with Crippen molar-refractivity contribution in [1.82, 2.24) is 4.98 Å². The Bertz CT molecular complexity index is 494. The molecule has 1 heterocycles. The first-order chi connectivity index (χ1) is 8.15. The number of aryl methyl sites for hydroxylation is 1. The summed E-state index contributed by atoms with van der Waals surface area (Å²) in [5.74, 6) is 0.840. The van der Waals surface area contributed by atoms with Crippen LogP contribution in [0.2, 0.25) is 0 Å². The summed E-state index contributed by atoms with van der Waals surface area (Å²) >= 11 is 1.62. The lowest BCUT2D eigenvalue weighted by molar-refractivity contribution is 0.305. The van der Waals surface area contributed by atoms with E-state index >= 15 is 0 Å². The molecule has 1 aromatic heterocycles. The zero-order chi connectivity index (χ0) is 12.3. The molecule has 90 valence electrons. The molecule has 0 saturated heterocycles. The number of nitrogens with two attached hydrogens (primary N) is 1. The fraction of sp³-hybridized carbons (Fsp3) is 0.308. The van der Waals surface area contributed by atoms with E-state index < -0.39 is 0 Å². The van der Waals surface area contributed by atoms with E-state index in [1.807, 2.05) is 43.5 Å². The minimum atomic E-state index is 0.0284. The summed E-state index contributed by atoms with van der Waals surface area (Å²) in [4.78, 5) is 4.35. The minimum absolute atomic E-state index is 0.0284. The van der Waals surface area contributed by atoms with E-state index in [4.69, 9.17) is 10.5 Å². The molecule has 1 aromatic carbocycles. The number of nitrogens with zero attached hydrogens (tertiary/aromatic N) is 1. The van der Waals surface area contributed by atoms with E-state index in [-0.39, 0.29) is 6.04 Å². The van der Waals surface area contributed by atoms with Crippen LogP contribution in [-0.4, -0.2) is 4.98 Å². The molecule has 3 nitrogen and oxygen atoms in total. The average Bonchev–Trinajstić information content (AvgIpc) is 2.73. The molecule has 0 bridgehead atoms. The Morgan fingerprint density at radius 1 is 1.47 bits per heavy atom. The van der Waals surface area contributed by atoms with Crippen LogP contribution < -0.4 is 10.5 Å². The molecule has 0 aliphatic rings. The second-order valence-corrected chi connectivity index (χ2v) is 4.98. The Morgan fingerprint density at radius 3 is 2.94 bits per heavy atom. The van der Waals surface area contributed by atoms with Crippen molar-refractivity contribution in [3.8, 4) is 5.75 Å². The molecule has 0 fully saturated rings. The predicted octanol–water partition coefficient (Wildman–Crippen LogP) is 3.05. The topological polar surface area (TPSA) is 48.1 Å². The van der Waals surface area contributed by atoms with Crippen molar-refractivity contribution in [2.75, 3.05) is 0 Å². The van der Waals surface area contributed by atoms with E-state index in [1.54, 1.807) is 11.3 Å². The molecule has 0 saturated carbocycles. The molecule has 0 radical (unpaired) electrons. The van der Waals surface area contributed by atoms with Crippen LogP contribution >= 0.6 is 11.3 Å². The molecule has 1 atom stereocenters. The van der Waals surface area contributed by atoms with Gasteiger partial charge < -0.3 is 10.5 Å². The van der Waals surface area contributed by atoms with Crippen molar-refractivity contribution >= 4 is 11.3 Å². The maximum atomic E-state index is 5.83. The highest BCUT2D eigenvalue weighted by Gasteiger charge is 2.03. The molecule has 0 aliphatic heterocycles. The summed E-state index contributed by atoms with van der Waals surface area (Å²) in [6, 6.07) is 7.91. The molecule has 17 heavy (non-hydrogen) atoms. The normalized spacial score (nSPS) is 12.4. The lowest BCUT2D eigenvalue weighted by atomic mass is 10.1. The smallest absolute Gasteiger partial charge is 0.140 e. The molecule has 0 unspecified atom stereocenters. The Morgan fingerprint density at radius 2 is 2.29 bits per heavy atom. The van der Waals surface area contributed by atoms with Crippen LogP contribution in [0.3, 0.4) is 0 Å². The van der Waals surface area contributed by atoms with Gasteiger partial charge in [0.1, 0.15) is 17.4 Å². The summed E-state index contributed by atoms with van der Waals surface area (Å²) in [5.41, 5.74) is 7.95. The third-order valence-corrected chi connectivity index (χ3v) is 3.35. The average molecular weight is 248 g/mol. The zero-order valence-corrected chi connectivity index (χ0v) is 10.8. The largest absolute Gasteiger partial charge is 0.486 e. The number of benzene rings is 1. The first-order valence-electron chi connectivity index (χ1n) is 5.54. The van der Waals surface area contributed by atoms with Crippen LogP contribution in [0.25, 0.3) is 0 Å². The van der Waals surface area contributed by atoms with Gasteiger partial charge in [-0.3, -0.25) is 0 Å². The maximum absolute atomic E-state index is 5.83. The van der Waals surface area contributed by atoms with E-state index in [1.165, 1.54) is 0 Å². The van der Waals surface area contributed by atoms with E-state index in [0.29, 0.717) is 6.61 Å². The second kappa shape index (κ2) is 5.29. The fourth-order valence-corrected chi connectivity index (χ4v) is 2.18. The van der Waals surface area contributed by atoms with Gasteiger partial charge in [-0.15, -0.1) is 11.3 Å². The second-order valence-electron chi connectivity index (χ2n) is 4.03. The lowest BCUT2D eigenvalue weighted by Crippen LogP contribution is -2.05. The van der Waals surface area contributed by atoms with Crippen LogP contribution in [0, 0.1) is 6.92 Å². The summed E-state index contributed by atoms with van der Waals surface area (Å²) in [5, 5.41) is 3.02. The summed E-state index contributed by atoms with van der Waals surface area (Å²) in [7, 11) is 0. The van der Waals surface area contributed by atoms with Gasteiger partial charge in [0.05, 0.1) is 0 Å². The van der Waals surface area contributed by atoms with Gasteiger partial charge in [0.2, 0.25) is 0 Å². The van der Waals surface area contributed by atoms with Crippen LogP contribution in [0.15, 0.2) is 29.6 Å². The highest BCUT2D eigenvalue weighted by Crippen LogP contribution is 2.19. The van der Waals surface area contributed by atoms with Crippen molar-refractivity contribution in [1.29, 1.82) is 0 Å². The third kappa shape index (κ3) is 3.28. The van der Waals surface area contributed by atoms with E-state index in [9.17, 15) is 0 Å². The van der Waals surface area contributed by atoms with Crippen LogP contribution in [0.1, 0.15) is 29.2 Å². The number of aromatic nitrogens is 1. The van der Waals surface area contributed by atoms with Gasteiger partial charge in [0.25, 0.3) is 0 Å². The Kier molecular flexibility index (Phi) is 3.76. The first kappa shape index (κ1) is 12.1. The highest BCUT2D eigenvalue weighted by molar-refractivity contribution is 7.09. The van der Waals surface area contributed by atoms with Gasteiger partial charge in [0.15, 0.2) is 0 Å². The first-order valence-corrected chi connectivity index (χ1v) is 6.42. The van der Waals surface area contributed by atoms with E-state index in [2.05, 4.69) is 4.98 Å². The minimum Gasteiger partial charge on any atom is -0.486 e. The van der Waals surface area contributed by atoms with Gasteiger partial charge >= 0.3 is 0 Å². The third-order valence-electron chi connectivity index (χ3n) is 2.41. The van der Waals surface area contributed by atoms with Crippen molar-refractivity contribution in [3.63, 3.8) is 0 Å². The predicted molar refractivity (Wildman–Crippen MR) is 70.2 cm³/mol. The summed E-state index contributed by atoms with van der Waals surface area (Å²) < 4.78 is 5.69. The van der Waals surface area contributed by atoms with Crippen molar-refractivity contribution in [2.24, 2.45) is 5.73 Å². The zero-order valence-electron chi connectivity index (χ0n) is 10.0. The number of thiazole rings is 1. The molecule has 2 N–H and O–H groups in total. The molecule has 4 heteroatoms. The Hall–Kier alpha value is -1.39. The maximum Gasteiger partial charge on any atom is 0.140 e. The SMILES string of the molecule is Cc1csc(COc2cccc([C@@H](C)N)c2)n1. The van der Waals surface area contributed by atoms with Gasteiger partial charge in [-0.25, -0.2) is 4.98 Å². The summed E-state index contributed by atoms with van der Waals surface area (Å²) in [6.07, 6.45) is 0. The number of hydrogen-bond acceptors (Lipinski definition) is 4. The molecule has 2 aromatic rings. The van der Waals surface area contributed by atoms with Gasteiger partial charge in [-0.05, 0) is 31.5 Å². The van der Waals surface area contributed by atoms with Crippen LogP contribution in [0.4, 0.5) is 0 Å². The Balaban J connectivity index is 2.01. The van der Waals surface area contributed by atoms with Crippen molar-refractivity contribution < 1.29 is 4.74 Å². The van der Waals surface area contributed by atoms with Gasteiger partial charge in [0, 0.05) is 17.1 Å². The van der Waals surface area contributed by atoms with Gasteiger partial charge in [-0.1, -0.05) is 12.1 Å². The fourth-order valence-electron chi connectivity index (χ4n) is 1.50. The van der Waals surface area contributed by atoms with Crippen LogP contribution in [0.5, 0.6) is 5.75 Å². The van der Waals surface area contributed by atoms with Crippen LogP contribution in [-0.2, 0) is 6.61 Å². The Labute approximate surface area is 105 Å². The van der Waals surface area contributed by atoms with Gasteiger partial charge in [-0.2, -0.15) is 0 Å². The van der Waals surface area contributed by atoms with E-state index in [0.717, 1.165) is 22.0 Å². The molecule has 0 spiro atoms. The number of rotatable bonds is 4. The molecule has 0 amide bonds. The number of hydrogen-bond donors (Lipinski definition) is 1. The summed E-state index contributed by atoms with van der Waals surface area (Å²) in [6.45, 7) is 4.46. The monoisotopic (exact) mass is 248 g/mol. The number of ether oxygens (including phenoxy) is 1. The molecule has 0 aliphatic carbocycles. The standard InChI is InChI=1S/C13H16N2OS/c1-9-8-17-13(15-9)7-16-12-5-3-4-11(6-12)10(2)14/h3-6,8,10H,7,14H2,1-2H3/t10-/m1/s1. The molecule has 2 rings (SSSR count). The van der Waals surface area contributed by atoms with Crippen molar-refractivity contribution in [3.05, 3.63) is 45.9 Å². The quantitative estimate of drug-likeness (QED) is 0.904. The highest BCUT2D eigenvalue weighted by atomic mass is 32.1. The van der Waals surface area contributed by atoms with Crippen molar-refractivity contribution in [2.45, 2.75) is 26.5 Å². The molecular weight excluding hydrogens is 232 g/mol.